The van der Waals surface area contributed by atoms with Crippen molar-refractivity contribution < 1.29 is 21.3 Å². The number of halogens is 4. The van der Waals surface area contributed by atoms with E-state index in [0.29, 0.717) is 3.63 Å². The summed E-state index contributed by atoms with van der Waals surface area (Å²) in [4.78, 5) is 0. The zero-order chi connectivity index (χ0) is 31.2. The topological polar surface area (TPSA) is 0 Å². The molecule has 0 fully saturated rings. The molecule has 240 valence electrons. The zero-order valence-corrected chi connectivity index (χ0v) is 36.0. The van der Waals surface area contributed by atoms with Gasteiger partial charge in [-0.05, 0) is 0 Å². The van der Waals surface area contributed by atoms with E-state index in [0.717, 1.165) is 19.3 Å². The van der Waals surface area contributed by atoms with Crippen LogP contribution in [0.2, 0.25) is 0 Å². The quantitative estimate of drug-likeness (QED) is 0.169. The van der Waals surface area contributed by atoms with Crippen molar-refractivity contribution in [3.8, 4) is 11.1 Å². The molecule has 2 aliphatic rings. The Morgan fingerprint density at radius 2 is 1.09 bits per heavy atom. The first kappa shape index (κ1) is 38.0. The minimum atomic E-state index is -2.53. The fourth-order valence-electron chi connectivity index (χ4n) is 6.71. The predicted molar refractivity (Wildman–Crippen MR) is 218 cm³/mol. The first-order valence-corrected chi connectivity index (χ1v) is 21.8. The van der Waals surface area contributed by atoms with Gasteiger partial charge in [-0.25, -0.2) is 0 Å². The van der Waals surface area contributed by atoms with Gasteiger partial charge in [0.05, 0.1) is 0 Å². The summed E-state index contributed by atoms with van der Waals surface area (Å²) in [6, 6.07) is 33.5. The smallest absolute Gasteiger partial charge is 0.147 e. The van der Waals surface area contributed by atoms with Crippen molar-refractivity contribution in [2.45, 2.75) is 75.3 Å². The number of fused-ring (bicyclic) bond motifs is 3. The summed E-state index contributed by atoms with van der Waals surface area (Å²) in [5.41, 5.74) is 12.1. The van der Waals surface area contributed by atoms with Gasteiger partial charge in [0.25, 0.3) is 0 Å². The van der Waals surface area contributed by atoms with Crippen molar-refractivity contribution in [1.29, 1.82) is 0 Å². The van der Waals surface area contributed by atoms with Crippen molar-refractivity contribution in [3.63, 3.8) is 0 Å². The minimum absolute atomic E-state index is 0. The molecule has 0 spiro atoms. The molecule has 0 N–H and O–H groups in total. The molecule has 0 bridgehead atoms. The second-order valence-corrected chi connectivity index (χ2v) is 23.7. The maximum Gasteiger partial charge on any atom is -0.147 e. The number of rotatable bonds is 6. The van der Waals surface area contributed by atoms with Crippen molar-refractivity contribution in [2.75, 3.05) is 0 Å². The van der Waals surface area contributed by atoms with E-state index in [1.807, 2.05) is 0 Å². The SMILES string of the molecule is CC(C)(C)c1ccc2c(c1)-c1cc(C(C)(C)C)ccc1[CH]2[Zr]([C]1=CC=CC1)=[C](Cc1ccc(I)cc1)Cc1ccc(I)cc1.Cl.Cl. The van der Waals surface area contributed by atoms with Crippen molar-refractivity contribution in [3.05, 3.63) is 147 Å². The Bertz CT molecular complexity index is 1690. The molecule has 0 unspecified atom stereocenters. The predicted octanol–water partition coefficient (Wildman–Crippen LogP) is 12.5. The van der Waals surface area contributed by atoms with Gasteiger partial charge in [0.2, 0.25) is 0 Å². The van der Waals surface area contributed by atoms with Crippen LogP contribution in [-0.4, -0.2) is 3.21 Å². The molecule has 0 nitrogen and oxygen atoms in total. The van der Waals surface area contributed by atoms with Gasteiger partial charge < -0.3 is 0 Å². The van der Waals surface area contributed by atoms with Crippen LogP contribution in [0.25, 0.3) is 11.1 Å². The van der Waals surface area contributed by atoms with Gasteiger partial charge in [0.15, 0.2) is 0 Å². The first-order chi connectivity index (χ1) is 20.9. The second-order valence-electron chi connectivity index (χ2n) is 14.5. The molecule has 46 heavy (non-hydrogen) atoms. The Labute approximate surface area is 324 Å². The van der Waals surface area contributed by atoms with Crippen LogP contribution in [0, 0.1) is 7.14 Å². The van der Waals surface area contributed by atoms with E-state index < -0.39 is 21.3 Å². The number of hydrogen-bond donors (Lipinski definition) is 0. The maximum absolute atomic E-state index is 2.54. The normalized spacial score (nSPS) is 13.8. The van der Waals surface area contributed by atoms with Crippen LogP contribution in [0.5, 0.6) is 0 Å². The Balaban J connectivity index is 0.00000240. The second kappa shape index (κ2) is 15.4. The number of hydrogen-bond acceptors (Lipinski definition) is 0. The summed E-state index contributed by atoms with van der Waals surface area (Å²) in [5, 5.41) is 0. The summed E-state index contributed by atoms with van der Waals surface area (Å²) in [7, 11) is 0. The summed E-state index contributed by atoms with van der Waals surface area (Å²) in [6.07, 6.45) is 10.5. The van der Waals surface area contributed by atoms with Crippen LogP contribution in [0.4, 0.5) is 0 Å². The molecule has 4 aromatic carbocycles. The van der Waals surface area contributed by atoms with E-state index in [2.05, 4.69) is 190 Å². The molecule has 0 atom stereocenters. The van der Waals surface area contributed by atoms with E-state index in [1.54, 1.807) is 17.6 Å². The van der Waals surface area contributed by atoms with Gasteiger partial charge in [0, 0.05) is 0 Å². The Kier molecular flexibility index (Phi) is 12.7. The van der Waals surface area contributed by atoms with E-state index in [4.69, 9.17) is 0 Å². The number of benzene rings is 4. The molecule has 0 amide bonds. The number of allylic oxidation sites excluding steroid dienone is 4. The molecule has 0 aromatic heterocycles. The third kappa shape index (κ3) is 8.29. The standard InChI is InChI=1S/C21H25.C15H12I2.C5H5.2ClH.Zr/c1-20(2,3)16-9-7-14-11-15-8-10-17(21(4,5)6)13-19(15)18(14)12-16;16-14-8-4-12(5-9-14)2-1-3-13-6-10-15(17)11-7-13;1-2-4-5-3-1;;;/h7-13H,1-6H3;4-11H,2-3H2;1-3H,4H2;2*1H;. The van der Waals surface area contributed by atoms with E-state index in [1.165, 1.54) is 40.5 Å². The van der Waals surface area contributed by atoms with Crippen LogP contribution in [0.15, 0.2) is 106 Å². The third-order valence-electron chi connectivity index (χ3n) is 9.20. The van der Waals surface area contributed by atoms with E-state index in [9.17, 15) is 0 Å². The van der Waals surface area contributed by atoms with Gasteiger partial charge in [-0.15, -0.1) is 24.8 Å². The Morgan fingerprint density at radius 1 is 0.652 bits per heavy atom. The molecule has 0 aliphatic heterocycles. The molecular formula is C41H44Cl2I2Zr. The van der Waals surface area contributed by atoms with E-state index >= 15 is 0 Å². The molecule has 0 radical (unpaired) electrons. The fourth-order valence-corrected chi connectivity index (χ4v) is 16.7. The van der Waals surface area contributed by atoms with E-state index in [-0.39, 0.29) is 35.6 Å². The summed E-state index contributed by atoms with van der Waals surface area (Å²) in [6.45, 7) is 14.1. The zero-order valence-electron chi connectivity index (χ0n) is 27.6. The fraction of sp³-hybridized carbons (Fsp3) is 0.293. The average molecular weight is 953 g/mol. The summed E-state index contributed by atoms with van der Waals surface area (Å²) in [5.74, 6) is 0. The van der Waals surface area contributed by atoms with Crippen LogP contribution in [0.1, 0.15) is 85.0 Å². The average Bonchev–Trinajstić information content (AvgIpc) is 3.61. The molecule has 0 saturated carbocycles. The minimum Gasteiger partial charge on any atom is -0.147 e. The van der Waals surface area contributed by atoms with Gasteiger partial charge in [-0.2, -0.15) is 0 Å². The molecular weight excluding hydrogens is 908 g/mol. The maximum atomic E-state index is 2.54. The molecule has 6 rings (SSSR count). The van der Waals surface area contributed by atoms with Crippen molar-refractivity contribution in [2.24, 2.45) is 0 Å². The molecule has 0 heterocycles. The molecule has 0 saturated heterocycles. The van der Waals surface area contributed by atoms with Gasteiger partial charge in [-0.1, -0.05) is 0 Å². The monoisotopic (exact) mass is 950 g/mol. The summed E-state index contributed by atoms with van der Waals surface area (Å²) < 4.78 is 6.62. The summed E-state index contributed by atoms with van der Waals surface area (Å²) >= 11 is 2.33. The van der Waals surface area contributed by atoms with Crippen LogP contribution in [0.3, 0.4) is 0 Å². The first-order valence-electron chi connectivity index (χ1n) is 15.7. The Morgan fingerprint density at radius 3 is 1.46 bits per heavy atom. The van der Waals surface area contributed by atoms with Gasteiger partial charge in [-0.3, -0.25) is 0 Å². The molecule has 4 aromatic rings. The van der Waals surface area contributed by atoms with Gasteiger partial charge in [0.1, 0.15) is 0 Å². The van der Waals surface area contributed by atoms with Crippen LogP contribution in [-0.2, 0) is 44.9 Å². The Hall–Kier alpha value is -0.847. The molecule has 2 aliphatic carbocycles. The van der Waals surface area contributed by atoms with Gasteiger partial charge >= 0.3 is 303 Å². The van der Waals surface area contributed by atoms with Crippen molar-refractivity contribution in [1.82, 2.24) is 0 Å². The third-order valence-corrected chi connectivity index (χ3v) is 18.9. The molecule has 5 heteroatoms. The van der Waals surface area contributed by atoms with Crippen molar-refractivity contribution >= 4 is 73.2 Å². The van der Waals surface area contributed by atoms with Crippen LogP contribution >= 0.6 is 70.0 Å². The largest absolute Gasteiger partial charge is 0.147 e. The van der Waals surface area contributed by atoms with Crippen LogP contribution < -0.4 is 0 Å².